The quantitative estimate of drug-likeness (QED) is 0.172. The number of esters is 1. The molecule has 0 aliphatic heterocycles. The number of carbonyl (C=O) groups excluding carboxylic acids is 1. The van der Waals surface area contributed by atoms with E-state index >= 15 is 0 Å². The lowest BCUT2D eigenvalue weighted by Crippen LogP contribution is -2.39. The van der Waals surface area contributed by atoms with Gasteiger partial charge >= 0.3 is 5.97 Å². The molecule has 0 rings (SSSR count). The Balaban J connectivity index is 0. The molecule has 2 atom stereocenters. The third kappa shape index (κ3) is 18.1. The molecule has 0 bridgehead atoms. The van der Waals surface area contributed by atoms with Crippen molar-refractivity contribution < 1.29 is 30.3 Å². The number of aliphatic hydroxyl groups is 3. The monoisotopic (exact) mass is 474 g/mol. The van der Waals surface area contributed by atoms with E-state index in [2.05, 4.69) is 40.7 Å². The third-order valence-electron chi connectivity index (χ3n) is 6.53. The molecule has 0 fully saturated rings. The lowest BCUT2D eigenvalue weighted by Gasteiger charge is -2.26. The second kappa shape index (κ2) is 20.4. The van der Waals surface area contributed by atoms with Crippen molar-refractivity contribution in [1.82, 2.24) is 0 Å². The van der Waals surface area contributed by atoms with Crippen molar-refractivity contribution in [2.45, 2.75) is 105 Å². The molecule has 198 valence electrons. The molecule has 0 aromatic carbocycles. The van der Waals surface area contributed by atoms with Crippen molar-refractivity contribution in [3.05, 3.63) is 11.6 Å². The van der Waals surface area contributed by atoms with Crippen molar-refractivity contribution in [3.8, 4) is 0 Å². The number of hydrogen-bond donors (Lipinski definition) is 3. The van der Waals surface area contributed by atoms with Gasteiger partial charge in [-0.3, -0.25) is 4.79 Å². The standard InChI is InChI=1S/C27H52O5.H2O/c1-22(2)10-6-11-23(3)12-7-13-24(4)14-8-15-25(5)16-9-17-26(31)32-21-27(18-28,19-29)20-30;/h16,22-24,28-30H,6-15,17-21H2,1-5H3;1H2. The maximum Gasteiger partial charge on any atom is 0.306 e. The number of carbonyl (C=O) groups is 1. The van der Waals surface area contributed by atoms with E-state index in [-0.39, 0.29) is 24.5 Å². The van der Waals surface area contributed by atoms with Crippen molar-refractivity contribution in [3.63, 3.8) is 0 Å². The Morgan fingerprint density at radius 2 is 1.30 bits per heavy atom. The van der Waals surface area contributed by atoms with Gasteiger partial charge in [0.15, 0.2) is 0 Å². The maximum atomic E-state index is 11.9. The summed E-state index contributed by atoms with van der Waals surface area (Å²) in [5, 5.41) is 27.8. The summed E-state index contributed by atoms with van der Waals surface area (Å²) in [6, 6.07) is 0. The molecular formula is C27H54O6. The summed E-state index contributed by atoms with van der Waals surface area (Å²) in [5.74, 6) is 2.07. The second-order valence-electron chi connectivity index (χ2n) is 10.6. The first-order valence-electron chi connectivity index (χ1n) is 12.8. The zero-order chi connectivity index (χ0) is 24.4. The van der Waals surface area contributed by atoms with Crippen molar-refractivity contribution in [2.75, 3.05) is 26.4 Å². The fourth-order valence-corrected chi connectivity index (χ4v) is 3.84. The van der Waals surface area contributed by atoms with Crippen LogP contribution in [0, 0.1) is 23.2 Å². The smallest absolute Gasteiger partial charge is 0.306 e. The van der Waals surface area contributed by atoms with Crippen molar-refractivity contribution in [2.24, 2.45) is 23.2 Å². The average molecular weight is 475 g/mol. The van der Waals surface area contributed by atoms with Crippen LogP contribution in [0.2, 0.25) is 0 Å². The molecule has 2 unspecified atom stereocenters. The lowest BCUT2D eigenvalue weighted by atomic mass is 9.91. The van der Waals surface area contributed by atoms with Crippen LogP contribution in [0.15, 0.2) is 11.6 Å². The van der Waals surface area contributed by atoms with E-state index in [1.807, 2.05) is 0 Å². The Morgan fingerprint density at radius 3 is 1.79 bits per heavy atom. The van der Waals surface area contributed by atoms with E-state index in [0.29, 0.717) is 6.42 Å². The molecule has 6 nitrogen and oxygen atoms in total. The van der Waals surface area contributed by atoms with Gasteiger partial charge in [0.1, 0.15) is 6.61 Å². The first-order chi connectivity index (χ1) is 15.2. The first kappa shape index (κ1) is 34.2. The van der Waals surface area contributed by atoms with E-state index < -0.39 is 25.2 Å². The van der Waals surface area contributed by atoms with Gasteiger partial charge in [-0.05, 0) is 43.9 Å². The Morgan fingerprint density at radius 1 is 0.818 bits per heavy atom. The minimum Gasteiger partial charge on any atom is -0.465 e. The molecule has 5 N–H and O–H groups in total. The van der Waals surface area contributed by atoms with Crippen LogP contribution in [0.4, 0.5) is 0 Å². The summed E-state index contributed by atoms with van der Waals surface area (Å²) >= 11 is 0. The van der Waals surface area contributed by atoms with Gasteiger partial charge in [-0.1, -0.05) is 84.3 Å². The van der Waals surface area contributed by atoms with Gasteiger partial charge in [-0.25, -0.2) is 0 Å². The molecule has 0 aliphatic carbocycles. The Labute approximate surface area is 203 Å². The fourth-order valence-electron chi connectivity index (χ4n) is 3.84. The van der Waals surface area contributed by atoms with E-state index in [0.717, 1.165) is 24.2 Å². The van der Waals surface area contributed by atoms with Gasteiger partial charge in [0.2, 0.25) is 0 Å². The molecule has 0 aromatic rings. The zero-order valence-corrected chi connectivity index (χ0v) is 22.1. The highest BCUT2D eigenvalue weighted by Crippen LogP contribution is 2.22. The highest BCUT2D eigenvalue weighted by atomic mass is 16.5. The summed E-state index contributed by atoms with van der Waals surface area (Å²) < 4.78 is 5.11. The summed E-state index contributed by atoms with van der Waals surface area (Å²) in [7, 11) is 0. The highest BCUT2D eigenvalue weighted by molar-refractivity contribution is 5.69. The van der Waals surface area contributed by atoms with Crippen LogP contribution < -0.4 is 0 Å². The van der Waals surface area contributed by atoms with Gasteiger partial charge in [-0.15, -0.1) is 0 Å². The maximum absolute atomic E-state index is 11.9. The van der Waals surface area contributed by atoms with Crippen LogP contribution >= 0.6 is 0 Å². The SMILES string of the molecule is CC(=CCCC(=O)OCC(CO)(CO)CO)CCCC(C)CCCC(C)CCCC(C)C.O. The van der Waals surface area contributed by atoms with Gasteiger partial charge in [0.25, 0.3) is 0 Å². The summed E-state index contributed by atoms with van der Waals surface area (Å²) in [6.45, 7) is 10.0. The Hall–Kier alpha value is -0.950. The molecule has 6 heteroatoms. The number of allylic oxidation sites excluding steroid dienone is 2. The minimum atomic E-state index is -1.16. The summed E-state index contributed by atoms with van der Waals surface area (Å²) in [6.07, 6.45) is 14.6. The Bertz CT molecular complexity index is 491. The lowest BCUT2D eigenvalue weighted by molar-refractivity contribution is -0.151. The van der Waals surface area contributed by atoms with E-state index in [1.54, 1.807) is 0 Å². The third-order valence-corrected chi connectivity index (χ3v) is 6.53. The van der Waals surface area contributed by atoms with Crippen LogP contribution in [0.25, 0.3) is 0 Å². The average Bonchev–Trinajstić information content (AvgIpc) is 2.75. The number of aliphatic hydroxyl groups excluding tert-OH is 3. The topological polar surface area (TPSA) is 118 Å². The normalized spacial score (nSPS) is 14.2. The van der Waals surface area contributed by atoms with Gasteiger partial charge in [-0.2, -0.15) is 0 Å². The largest absolute Gasteiger partial charge is 0.465 e. The fraction of sp³-hybridized carbons (Fsp3) is 0.889. The molecule has 0 aromatic heterocycles. The van der Waals surface area contributed by atoms with Crippen LogP contribution in [0.1, 0.15) is 105 Å². The van der Waals surface area contributed by atoms with Gasteiger partial charge < -0.3 is 25.5 Å². The molecule has 0 saturated heterocycles. The van der Waals surface area contributed by atoms with Crippen LogP contribution in [0.3, 0.4) is 0 Å². The summed E-state index contributed by atoms with van der Waals surface area (Å²) in [5.41, 5.74) is 0.142. The number of hydrogen-bond acceptors (Lipinski definition) is 5. The highest BCUT2D eigenvalue weighted by Gasteiger charge is 2.29. The predicted molar refractivity (Wildman–Crippen MR) is 136 cm³/mol. The van der Waals surface area contributed by atoms with Crippen LogP contribution in [-0.4, -0.2) is 53.2 Å². The molecule has 0 aliphatic rings. The van der Waals surface area contributed by atoms with E-state index in [1.165, 1.54) is 56.9 Å². The molecular weight excluding hydrogens is 420 g/mol. The molecule has 0 amide bonds. The zero-order valence-electron chi connectivity index (χ0n) is 22.1. The minimum absolute atomic E-state index is 0. The Kier molecular flexibility index (Phi) is 21.2. The number of rotatable bonds is 20. The van der Waals surface area contributed by atoms with Crippen LogP contribution in [-0.2, 0) is 9.53 Å². The van der Waals surface area contributed by atoms with Gasteiger partial charge in [0, 0.05) is 6.42 Å². The second-order valence-corrected chi connectivity index (χ2v) is 10.6. The van der Waals surface area contributed by atoms with Crippen molar-refractivity contribution in [1.29, 1.82) is 0 Å². The van der Waals surface area contributed by atoms with Crippen LogP contribution in [0.5, 0.6) is 0 Å². The molecule has 0 saturated carbocycles. The predicted octanol–water partition coefficient (Wildman–Crippen LogP) is 4.83. The van der Waals surface area contributed by atoms with E-state index in [9.17, 15) is 20.1 Å². The number of ether oxygens (including phenoxy) is 1. The molecule has 0 spiro atoms. The van der Waals surface area contributed by atoms with Gasteiger partial charge in [0.05, 0.1) is 25.2 Å². The summed E-state index contributed by atoms with van der Waals surface area (Å²) in [4.78, 5) is 11.9. The van der Waals surface area contributed by atoms with Crippen molar-refractivity contribution >= 4 is 5.97 Å². The molecule has 0 radical (unpaired) electrons. The first-order valence-corrected chi connectivity index (χ1v) is 12.8. The molecule has 0 heterocycles. The van der Waals surface area contributed by atoms with E-state index in [4.69, 9.17) is 4.74 Å². The molecule has 33 heavy (non-hydrogen) atoms.